The van der Waals surface area contributed by atoms with E-state index >= 15 is 0 Å². The van der Waals surface area contributed by atoms with Crippen LogP contribution in [0.4, 0.5) is 0 Å². The Morgan fingerprint density at radius 1 is 1.20 bits per heavy atom. The number of hydrogen-bond donors (Lipinski definition) is 0. The highest BCUT2D eigenvalue weighted by Gasteiger charge is 2.13. The monoisotopic (exact) mass is 297 g/mol. The fourth-order valence-electron chi connectivity index (χ4n) is 1.94. The van der Waals surface area contributed by atoms with E-state index in [-0.39, 0.29) is 12.5 Å². The van der Waals surface area contributed by atoms with Crippen LogP contribution in [0.2, 0.25) is 5.02 Å². The Balaban J connectivity index is 2.60. The molecule has 0 saturated carbocycles. The summed E-state index contributed by atoms with van der Waals surface area (Å²) in [4.78, 5) is 14.0. The SMILES string of the molecule is CCCCCN(Cc1ccc(Cl)cc1)C(=O)COCC. The van der Waals surface area contributed by atoms with Gasteiger partial charge in [-0.15, -0.1) is 0 Å². The minimum absolute atomic E-state index is 0.0536. The summed E-state index contributed by atoms with van der Waals surface area (Å²) in [5.74, 6) is 0.0536. The molecule has 0 aliphatic heterocycles. The third kappa shape index (κ3) is 6.40. The quantitative estimate of drug-likeness (QED) is 0.647. The minimum atomic E-state index is 0.0536. The van der Waals surface area contributed by atoms with E-state index in [1.54, 1.807) is 0 Å². The summed E-state index contributed by atoms with van der Waals surface area (Å²) in [5, 5.41) is 0.715. The van der Waals surface area contributed by atoms with Crippen LogP contribution < -0.4 is 0 Å². The molecule has 0 bridgehead atoms. The van der Waals surface area contributed by atoms with Crippen molar-refractivity contribution in [1.29, 1.82) is 0 Å². The molecule has 0 radical (unpaired) electrons. The second kappa shape index (κ2) is 9.78. The highest BCUT2D eigenvalue weighted by atomic mass is 35.5. The number of unbranched alkanes of at least 4 members (excludes halogenated alkanes) is 2. The highest BCUT2D eigenvalue weighted by Crippen LogP contribution is 2.12. The van der Waals surface area contributed by atoms with Gasteiger partial charge in [-0.05, 0) is 31.0 Å². The zero-order valence-corrected chi connectivity index (χ0v) is 13.2. The van der Waals surface area contributed by atoms with Gasteiger partial charge in [0.15, 0.2) is 0 Å². The molecule has 0 saturated heterocycles. The average Bonchev–Trinajstić information content (AvgIpc) is 2.46. The van der Waals surface area contributed by atoms with Crippen molar-refractivity contribution in [3.05, 3.63) is 34.9 Å². The number of rotatable bonds is 9. The molecule has 3 nitrogen and oxygen atoms in total. The van der Waals surface area contributed by atoms with E-state index < -0.39 is 0 Å². The van der Waals surface area contributed by atoms with Gasteiger partial charge in [-0.25, -0.2) is 0 Å². The molecule has 1 aromatic rings. The van der Waals surface area contributed by atoms with E-state index in [0.29, 0.717) is 18.2 Å². The third-order valence-electron chi connectivity index (χ3n) is 3.10. The van der Waals surface area contributed by atoms with Crippen molar-refractivity contribution in [2.24, 2.45) is 0 Å². The summed E-state index contributed by atoms with van der Waals surface area (Å²) in [6.45, 7) is 6.18. The van der Waals surface area contributed by atoms with Gasteiger partial charge in [0, 0.05) is 24.7 Å². The van der Waals surface area contributed by atoms with E-state index in [9.17, 15) is 4.79 Å². The molecule has 0 N–H and O–H groups in total. The Morgan fingerprint density at radius 2 is 1.90 bits per heavy atom. The summed E-state index contributed by atoms with van der Waals surface area (Å²) in [6, 6.07) is 7.63. The van der Waals surface area contributed by atoms with Crippen LogP contribution in [0.15, 0.2) is 24.3 Å². The molecule has 1 amide bonds. The van der Waals surface area contributed by atoms with Crippen LogP contribution in [0.25, 0.3) is 0 Å². The number of ether oxygens (including phenoxy) is 1. The van der Waals surface area contributed by atoms with Crippen molar-refractivity contribution in [3.8, 4) is 0 Å². The molecular weight excluding hydrogens is 274 g/mol. The lowest BCUT2D eigenvalue weighted by atomic mass is 10.2. The van der Waals surface area contributed by atoms with E-state index in [2.05, 4.69) is 6.92 Å². The average molecular weight is 298 g/mol. The van der Waals surface area contributed by atoms with E-state index in [1.807, 2.05) is 36.1 Å². The van der Waals surface area contributed by atoms with Crippen LogP contribution in [0.1, 0.15) is 38.7 Å². The predicted octanol–water partition coefficient (Wildman–Crippen LogP) is 3.90. The zero-order chi connectivity index (χ0) is 14.8. The van der Waals surface area contributed by atoms with E-state index in [0.717, 1.165) is 31.4 Å². The topological polar surface area (TPSA) is 29.5 Å². The van der Waals surface area contributed by atoms with Crippen LogP contribution in [0.3, 0.4) is 0 Å². The fourth-order valence-corrected chi connectivity index (χ4v) is 2.06. The van der Waals surface area contributed by atoms with Gasteiger partial charge in [0.2, 0.25) is 5.91 Å². The number of carbonyl (C=O) groups is 1. The van der Waals surface area contributed by atoms with Crippen molar-refractivity contribution in [3.63, 3.8) is 0 Å². The van der Waals surface area contributed by atoms with Crippen LogP contribution in [0.5, 0.6) is 0 Å². The number of halogens is 1. The first-order chi connectivity index (χ1) is 9.67. The maximum absolute atomic E-state index is 12.1. The molecule has 112 valence electrons. The maximum Gasteiger partial charge on any atom is 0.248 e. The van der Waals surface area contributed by atoms with Crippen molar-refractivity contribution in [2.75, 3.05) is 19.8 Å². The van der Waals surface area contributed by atoms with Crippen LogP contribution in [-0.4, -0.2) is 30.6 Å². The molecule has 0 aliphatic carbocycles. The molecule has 0 spiro atoms. The van der Waals surface area contributed by atoms with Crippen molar-refractivity contribution in [1.82, 2.24) is 4.90 Å². The first-order valence-electron chi connectivity index (χ1n) is 7.27. The Kier molecular flexibility index (Phi) is 8.31. The molecule has 0 heterocycles. The van der Waals surface area contributed by atoms with Crippen LogP contribution in [0, 0.1) is 0 Å². The summed E-state index contributed by atoms with van der Waals surface area (Å²) < 4.78 is 5.23. The van der Waals surface area contributed by atoms with E-state index in [1.165, 1.54) is 0 Å². The van der Waals surface area contributed by atoms with E-state index in [4.69, 9.17) is 16.3 Å². The van der Waals surface area contributed by atoms with Crippen LogP contribution in [-0.2, 0) is 16.1 Å². The number of benzene rings is 1. The van der Waals surface area contributed by atoms with Crippen LogP contribution >= 0.6 is 11.6 Å². The number of hydrogen-bond acceptors (Lipinski definition) is 2. The summed E-state index contributed by atoms with van der Waals surface area (Å²) in [6.07, 6.45) is 3.31. The molecule has 0 aromatic heterocycles. The molecule has 0 aliphatic rings. The normalized spacial score (nSPS) is 10.6. The first-order valence-corrected chi connectivity index (χ1v) is 7.65. The van der Waals surface area contributed by atoms with Gasteiger partial charge in [-0.3, -0.25) is 4.79 Å². The number of carbonyl (C=O) groups excluding carboxylic acids is 1. The lowest BCUT2D eigenvalue weighted by Crippen LogP contribution is -2.34. The summed E-state index contributed by atoms with van der Waals surface area (Å²) in [7, 11) is 0. The lowest BCUT2D eigenvalue weighted by Gasteiger charge is -2.23. The molecule has 1 rings (SSSR count). The predicted molar refractivity (Wildman–Crippen MR) is 82.9 cm³/mol. The Morgan fingerprint density at radius 3 is 2.50 bits per heavy atom. The van der Waals surface area contributed by atoms with Crippen molar-refractivity contribution < 1.29 is 9.53 Å². The molecule has 4 heteroatoms. The maximum atomic E-state index is 12.1. The molecule has 20 heavy (non-hydrogen) atoms. The first kappa shape index (κ1) is 17.0. The standard InChI is InChI=1S/C16H24ClNO2/c1-3-5-6-11-18(16(19)13-20-4-2)12-14-7-9-15(17)10-8-14/h7-10H,3-6,11-13H2,1-2H3. The van der Waals surface area contributed by atoms with Crippen molar-refractivity contribution in [2.45, 2.75) is 39.7 Å². The summed E-state index contributed by atoms with van der Waals surface area (Å²) >= 11 is 5.88. The van der Waals surface area contributed by atoms with Gasteiger partial charge in [0.25, 0.3) is 0 Å². The highest BCUT2D eigenvalue weighted by molar-refractivity contribution is 6.30. The Labute approximate surface area is 126 Å². The molecule has 0 atom stereocenters. The second-order valence-electron chi connectivity index (χ2n) is 4.79. The zero-order valence-electron chi connectivity index (χ0n) is 12.4. The van der Waals surface area contributed by atoms with Gasteiger partial charge in [0.1, 0.15) is 6.61 Å². The molecule has 0 fully saturated rings. The van der Waals surface area contributed by atoms with Crippen molar-refractivity contribution >= 4 is 17.5 Å². The Hall–Kier alpha value is -1.06. The smallest absolute Gasteiger partial charge is 0.248 e. The molecular formula is C16H24ClNO2. The van der Waals surface area contributed by atoms with Gasteiger partial charge >= 0.3 is 0 Å². The lowest BCUT2D eigenvalue weighted by molar-refractivity contribution is -0.136. The van der Waals surface area contributed by atoms with Gasteiger partial charge in [0.05, 0.1) is 0 Å². The third-order valence-corrected chi connectivity index (χ3v) is 3.35. The molecule has 1 aromatic carbocycles. The molecule has 0 unspecified atom stereocenters. The fraction of sp³-hybridized carbons (Fsp3) is 0.562. The van der Waals surface area contributed by atoms with Gasteiger partial charge in [-0.2, -0.15) is 0 Å². The Bertz CT molecular complexity index is 392. The second-order valence-corrected chi connectivity index (χ2v) is 5.22. The minimum Gasteiger partial charge on any atom is -0.372 e. The van der Waals surface area contributed by atoms with Gasteiger partial charge < -0.3 is 9.64 Å². The summed E-state index contributed by atoms with van der Waals surface area (Å²) in [5.41, 5.74) is 1.09. The number of nitrogens with zero attached hydrogens (tertiary/aromatic N) is 1. The largest absolute Gasteiger partial charge is 0.372 e. The number of amides is 1. The van der Waals surface area contributed by atoms with Gasteiger partial charge in [-0.1, -0.05) is 43.5 Å².